The van der Waals surface area contributed by atoms with Crippen LogP contribution in [0.2, 0.25) is 0 Å². The number of nitrogens with two attached hydrogens (primary N) is 1. The lowest BCUT2D eigenvalue weighted by Gasteiger charge is -2.22. The Kier molecular flexibility index (Phi) is 8.27. The molecule has 0 aliphatic heterocycles. The number of aliphatic hydroxyl groups is 1. The maximum absolute atomic E-state index is 13.0. The van der Waals surface area contributed by atoms with Crippen molar-refractivity contribution in [3.05, 3.63) is 65.5 Å². The first-order valence-electron chi connectivity index (χ1n) is 7.54. The van der Waals surface area contributed by atoms with E-state index in [0.29, 0.717) is 12.2 Å². The fourth-order valence-electron chi connectivity index (χ4n) is 2.24. The van der Waals surface area contributed by atoms with Gasteiger partial charge in [-0.05, 0) is 30.7 Å². The Morgan fingerprint density at radius 2 is 1.88 bits per heavy atom. The van der Waals surface area contributed by atoms with Gasteiger partial charge in [-0.2, -0.15) is 0 Å². The Morgan fingerprint density at radius 1 is 1.24 bits per heavy atom. The molecule has 0 aliphatic carbocycles. The molecule has 136 valence electrons. The first kappa shape index (κ1) is 21.3. The largest absolute Gasteiger partial charge is 0.384 e. The van der Waals surface area contributed by atoms with Gasteiger partial charge >= 0.3 is 0 Å². The Labute approximate surface area is 164 Å². The summed E-state index contributed by atoms with van der Waals surface area (Å²) in [6, 6.07) is 13.2. The van der Waals surface area contributed by atoms with Crippen LogP contribution in [0.15, 0.2) is 53.5 Å². The number of aliphatic imine (C=N–C) groups is 1. The van der Waals surface area contributed by atoms with E-state index in [9.17, 15) is 9.50 Å². The highest BCUT2D eigenvalue weighted by atomic mass is 127. The summed E-state index contributed by atoms with van der Waals surface area (Å²) in [5, 5.41) is 13.5. The average Bonchev–Trinajstić information content (AvgIpc) is 2.56. The predicted octanol–water partition coefficient (Wildman–Crippen LogP) is 3.22. The lowest BCUT2D eigenvalue weighted by molar-refractivity contribution is 0.0673. The van der Waals surface area contributed by atoms with Crippen molar-refractivity contribution in [2.45, 2.75) is 19.1 Å². The lowest BCUT2D eigenvalue weighted by Crippen LogP contribution is -2.30. The maximum atomic E-state index is 13.0. The van der Waals surface area contributed by atoms with Gasteiger partial charge in [0.25, 0.3) is 0 Å². The van der Waals surface area contributed by atoms with Crippen LogP contribution in [0.3, 0.4) is 0 Å². The summed E-state index contributed by atoms with van der Waals surface area (Å²) < 4.78 is 18.1. The van der Waals surface area contributed by atoms with E-state index in [2.05, 4.69) is 10.3 Å². The van der Waals surface area contributed by atoms with Gasteiger partial charge < -0.3 is 20.9 Å². The quantitative estimate of drug-likeness (QED) is 0.352. The molecular weight excluding hydrogens is 436 g/mol. The van der Waals surface area contributed by atoms with Crippen LogP contribution in [0.1, 0.15) is 18.1 Å². The van der Waals surface area contributed by atoms with Gasteiger partial charge in [0.2, 0.25) is 0 Å². The first-order valence-corrected chi connectivity index (χ1v) is 7.54. The predicted molar refractivity (Wildman–Crippen MR) is 109 cm³/mol. The zero-order chi connectivity index (χ0) is 17.6. The zero-order valence-electron chi connectivity index (χ0n) is 14.2. The van der Waals surface area contributed by atoms with Crippen LogP contribution in [-0.4, -0.2) is 24.7 Å². The third-order valence-corrected chi connectivity index (χ3v) is 3.60. The number of anilines is 1. The number of hydrogen-bond acceptors (Lipinski definition) is 3. The van der Waals surface area contributed by atoms with Crippen molar-refractivity contribution in [3.63, 3.8) is 0 Å². The molecule has 2 aromatic carbocycles. The van der Waals surface area contributed by atoms with Crippen LogP contribution in [0.25, 0.3) is 0 Å². The molecular formula is C18H23FIN3O2. The minimum atomic E-state index is -1.24. The van der Waals surface area contributed by atoms with Crippen LogP contribution in [-0.2, 0) is 16.9 Å². The van der Waals surface area contributed by atoms with Gasteiger partial charge in [0.15, 0.2) is 5.96 Å². The zero-order valence-corrected chi connectivity index (χ0v) is 16.5. The molecule has 0 radical (unpaired) electrons. The van der Waals surface area contributed by atoms with E-state index in [1.54, 1.807) is 14.0 Å². The van der Waals surface area contributed by atoms with E-state index in [1.807, 2.05) is 24.3 Å². The summed E-state index contributed by atoms with van der Waals surface area (Å²) in [5.41, 5.74) is 6.97. The maximum Gasteiger partial charge on any atom is 0.193 e. The Morgan fingerprint density at radius 3 is 2.52 bits per heavy atom. The van der Waals surface area contributed by atoms with Crippen molar-refractivity contribution in [3.8, 4) is 0 Å². The minimum absolute atomic E-state index is 0. The number of methoxy groups -OCH3 is 1. The Balaban J connectivity index is 0.00000312. The third kappa shape index (κ3) is 6.26. The second-order valence-electron chi connectivity index (χ2n) is 5.70. The van der Waals surface area contributed by atoms with E-state index in [1.165, 1.54) is 24.3 Å². The summed E-state index contributed by atoms with van der Waals surface area (Å²) in [5.74, 6) is -0.171. The molecule has 0 bridgehead atoms. The molecule has 0 heterocycles. The van der Waals surface area contributed by atoms with Gasteiger partial charge in [-0.3, -0.25) is 0 Å². The third-order valence-electron chi connectivity index (χ3n) is 3.60. The minimum Gasteiger partial charge on any atom is -0.384 e. The molecule has 0 saturated carbocycles. The molecule has 0 aliphatic rings. The number of rotatable bonds is 6. The van der Waals surface area contributed by atoms with Gasteiger partial charge in [0, 0.05) is 18.4 Å². The number of nitrogens with zero attached hydrogens (tertiary/aromatic N) is 1. The molecule has 2 aromatic rings. The SMILES string of the molecule is COCc1ccccc1NC(N)=NCC(C)(O)c1ccc(F)cc1.I. The van der Waals surface area contributed by atoms with Crippen molar-refractivity contribution in [1.29, 1.82) is 0 Å². The van der Waals surface area contributed by atoms with E-state index in [-0.39, 0.29) is 42.3 Å². The molecule has 1 atom stereocenters. The summed E-state index contributed by atoms with van der Waals surface area (Å²) >= 11 is 0. The van der Waals surface area contributed by atoms with Gasteiger partial charge in [-0.25, -0.2) is 9.38 Å². The Bertz CT molecular complexity index is 706. The summed E-state index contributed by atoms with van der Waals surface area (Å²) in [7, 11) is 1.62. The molecule has 25 heavy (non-hydrogen) atoms. The molecule has 0 fully saturated rings. The summed E-state index contributed by atoms with van der Waals surface area (Å²) in [6.45, 7) is 2.10. The number of hydrogen-bond donors (Lipinski definition) is 3. The molecule has 0 spiro atoms. The fourth-order valence-corrected chi connectivity index (χ4v) is 2.24. The second-order valence-corrected chi connectivity index (χ2v) is 5.70. The first-order chi connectivity index (χ1) is 11.4. The van der Waals surface area contributed by atoms with Crippen LogP contribution in [0.4, 0.5) is 10.1 Å². The van der Waals surface area contributed by atoms with Crippen molar-refractivity contribution in [2.75, 3.05) is 19.0 Å². The molecule has 1 unspecified atom stereocenters. The molecule has 2 rings (SSSR count). The number of nitrogens with one attached hydrogen (secondary N) is 1. The van der Waals surface area contributed by atoms with E-state index in [0.717, 1.165) is 11.3 Å². The van der Waals surface area contributed by atoms with Crippen LogP contribution < -0.4 is 11.1 Å². The highest BCUT2D eigenvalue weighted by Gasteiger charge is 2.22. The number of para-hydroxylation sites is 1. The molecule has 5 nitrogen and oxygen atoms in total. The smallest absolute Gasteiger partial charge is 0.193 e. The number of guanidine groups is 1. The summed E-state index contributed by atoms with van der Waals surface area (Å²) in [4.78, 5) is 4.19. The van der Waals surface area contributed by atoms with E-state index < -0.39 is 5.60 Å². The topological polar surface area (TPSA) is 79.9 Å². The van der Waals surface area contributed by atoms with Gasteiger partial charge in [0.05, 0.1) is 13.2 Å². The van der Waals surface area contributed by atoms with Gasteiger partial charge in [0.1, 0.15) is 11.4 Å². The monoisotopic (exact) mass is 459 g/mol. The lowest BCUT2D eigenvalue weighted by atomic mass is 9.96. The summed E-state index contributed by atoms with van der Waals surface area (Å²) in [6.07, 6.45) is 0. The van der Waals surface area contributed by atoms with Crippen molar-refractivity contribution in [2.24, 2.45) is 10.7 Å². The Hall–Kier alpha value is -1.71. The molecule has 0 saturated heterocycles. The van der Waals surface area contributed by atoms with Crippen LogP contribution in [0.5, 0.6) is 0 Å². The van der Waals surface area contributed by atoms with Crippen LogP contribution >= 0.6 is 24.0 Å². The van der Waals surface area contributed by atoms with Gasteiger partial charge in [-0.1, -0.05) is 30.3 Å². The van der Waals surface area contributed by atoms with Crippen molar-refractivity contribution >= 4 is 35.6 Å². The van der Waals surface area contributed by atoms with Crippen molar-refractivity contribution in [1.82, 2.24) is 0 Å². The standard InChI is InChI=1S/C18H22FN3O2.HI/c1-18(23,14-7-9-15(19)10-8-14)12-21-17(20)22-16-6-4-3-5-13(16)11-24-2;/h3-10,23H,11-12H2,1-2H3,(H3,20,21,22);1H. The number of halogens is 2. The molecule has 0 amide bonds. The normalized spacial score (nSPS) is 13.7. The number of benzene rings is 2. The molecule has 0 aromatic heterocycles. The van der Waals surface area contributed by atoms with Crippen molar-refractivity contribution < 1.29 is 14.2 Å². The molecule has 7 heteroatoms. The number of ether oxygens (including phenoxy) is 1. The average molecular weight is 459 g/mol. The fraction of sp³-hybridized carbons (Fsp3) is 0.278. The highest BCUT2D eigenvalue weighted by molar-refractivity contribution is 14.0. The van der Waals surface area contributed by atoms with Crippen LogP contribution in [0, 0.1) is 5.82 Å². The van der Waals surface area contributed by atoms with Gasteiger partial charge in [-0.15, -0.1) is 24.0 Å². The van der Waals surface area contributed by atoms with E-state index in [4.69, 9.17) is 10.5 Å². The van der Waals surface area contributed by atoms with E-state index >= 15 is 0 Å². The highest BCUT2D eigenvalue weighted by Crippen LogP contribution is 2.21. The molecule has 4 N–H and O–H groups in total. The second kappa shape index (κ2) is 9.69.